The average Bonchev–Trinajstić information content (AvgIpc) is 2.95. The van der Waals surface area contributed by atoms with Crippen molar-refractivity contribution in [2.75, 3.05) is 112 Å². The molecule has 0 rings (SSSR count). The van der Waals surface area contributed by atoms with Crippen molar-refractivity contribution in [3.05, 3.63) is 12.8 Å². The predicted octanol–water partition coefficient (Wildman–Crippen LogP) is 5.20. The van der Waals surface area contributed by atoms with Gasteiger partial charge < -0.3 is 42.6 Å². The first-order valence-corrected chi connectivity index (χ1v) is 15.3. The molecule has 0 saturated heterocycles. The first-order valence-electron chi connectivity index (χ1n) is 15.3. The summed E-state index contributed by atoms with van der Waals surface area (Å²) >= 11 is 0. The number of hydrogen-bond acceptors (Lipinski definition) is 9. The maximum absolute atomic E-state index is 5.63. The molecule has 234 valence electrons. The molecule has 0 spiro atoms. The summed E-state index contributed by atoms with van der Waals surface area (Å²) in [5.74, 6) is 0. The van der Waals surface area contributed by atoms with Crippen molar-refractivity contribution in [1.29, 1.82) is 0 Å². The molecule has 9 nitrogen and oxygen atoms in total. The highest BCUT2D eigenvalue weighted by Gasteiger charge is 1.96. The van der Waals surface area contributed by atoms with E-state index in [1.165, 1.54) is 64.0 Å². The summed E-state index contributed by atoms with van der Waals surface area (Å²) in [7, 11) is 0. The maximum atomic E-state index is 5.63. The summed E-state index contributed by atoms with van der Waals surface area (Å²) in [6.45, 7) is 15.4. The normalized spacial score (nSPS) is 11.3. The molecule has 0 radical (unpaired) electrons. The molecule has 0 N–H and O–H groups in total. The van der Waals surface area contributed by atoms with Crippen LogP contribution in [0.5, 0.6) is 0 Å². The molecule has 0 heterocycles. The smallest absolute Gasteiger partial charge is 0.111 e. The fourth-order valence-corrected chi connectivity index (χ4v) is 3.52. The fraction of sp³-hybridized carbons (Fsp3) is 0.933. The van der Waals surface area contributed by atoms with E-state index in [0.29, 0.717) is 106 Å². The van der Waals surface area contributed by atoms with Crippen molar-refractivity contribution in [1.82, 2.24) is 0 Å². The van der Waals surface area contributed by atoms with Gasteiger partial charge in [0.1, 0.15) is 6.61 Å². The van der Waals surface area contributed by atoms with Crippen LogP contribution in [0.25, 0.3) is 0 Å². The molecule has 0 amide bonds. The SMILES string of the molecule is C=COCCOCCOCCOCCOCCOCCOCCOCCOCCCCCCCCCCCC. The van der Waals surface area contributed by atoms with Gasteiger partial charge in [0.05, 0.1) is 105 Å². The van der Waals surface area contributed by atoms with E-state index in [0.717, 1.165) is 13.0 Å². The second-order valence-corrected chi connectivity index (χ2v) is 9.12. The minimum atomic E-state index is 0.511. The Hall–Kier alpha value is -0.780. The van der Waals surface area contributed by atoms with E-state index in [2.05, 4.69) is 13.5 Å². The van der Waals surface area contributed by atoms with Crippen molar-refractivity contribution in [3.8, 4) is 0 Å². The van der Waals surface area contributed by atoms with Crippen molar-refractivity contribution in [2.24, 2.45) is 0 Å². The van der Waals surface area contributed by atoms with Crippen LogP contribution in [0.15, 0.2) is 12.8 Å². The Labute approximate surface area is 239 Å². The quantitative estimate of drug-likeness (QED) is 0.0753. The molecule has 0 aliphatic carbocycles. The van der Waals surface area contributed by atoms with Gasteiger partial charge in [-0.15, -0.1) is 0 Å². The number of ether oxygens (including phenoxy) is 9. The molecule has 0 aromatic rings. The Morgan fingerprint density at radius 3 is 0.897 bits per heavy atom. The van der Waals surface area contributed by atoms with E-state index in [1.54, 1.807) is 0 Å². The number of unbranched alkanes of at least 4 members (excludes halogenated alkanes) is 9. The van der Waals surface area contributed by atoms with Gasteiger partial charge in [-0.05, 0) is 6.42 Å². The van der Waals surface area contributed by atoms with Crippen LogP contribution < -0.4 is 0 Å². The van der Waals surface area contributed by atoms with Crippen LogP contribution in [0.2, 0.25) is 0 Å². The van der Waals surface area contributed by atoms with Crippen molar-refractivity contribution < 1.29 is 42.6 Å². The predicted molar refractivity (Wildman–Crippen MR) is 155 cm³/mol. The van der Waals surface area contributed by atoms with Gasteiger partial charge in [0.2, 0.25) is 0 Å². The lowest BCUT2D eigenvalue weighted by Crippen LogP contribution is -2.15. The Balaban J connectivity index is 3.02. The van der Waals surface area contributed by atoms with Crippen LogP contribution in [-0.2, 0) is 42.6 Å². The number of rotatable bonds is 36. The molecular formula is C30H60O9. The second kappa shape index (κ2) is 37.2. The molecule has 0 fully saturated rings. The first-order chi connectivity index (χ1) is 19.4. The van der Waals surface area contributed by atoms with Crippen LogP contribution >= 0.6 is 0 Å². The molecule has 39 heavy (non-hydrogen) atoms. The summed E-state index contributed by atoms with van der Waals surface area (Å²) in [6, 6.07) is 0. The van der Waals surface area contributed by atoms with Gasteiger partial charge in [0.15, 0.2) is 0 Å². The summed E-state index contributed by atoms with van der Waals surface area (Å²) in [5.41, 5.74) is 0. The largest absolute Gasteiger partial charge is 0.499 e. The fourth-order valence-electron chi connectivity index (χ4n) is 3.52. The molecule has 0 aliphatic heterocycles. The molecule has 0 aliphatic rings. The summed E-state index contributed by atoms with van der Waals surface area (Å²) in [5, 5.41) is 0. The lowest BCUT2D eigenvalue weighted by Gasteiger charge is -2.08. The molecule has 0 unspecified atom stereocenters. The van der Waals surface area contributed by atoms with Crippen LogP contribution in [0.3, 0.4) is 0 Å². The van der Waals surface area contributed by atoms with Crippen LogP contribution in [0.4, 0.5) is 0 Å². The zero-order valence-electron chi connectivity index (χ0n) is 25.1. The molecule has 0 atom stereocenters. The first kappa shape index (κ1) is 38.2. The van der Waals surface area contributed by atoms with E-state index >= 15 is 0 Å². The Kier molecular flexibility index (Phi) is 36.5. The highest BCUT2D eigenvalue weighted by Crippen LogP contribution is 2.10. The monoisotopic (exact) mass is 564 g/mol. The highest BCUT2D eigenvalue weighted by molar-refractivity contribution is 4.48. The van der Waals surface area contributed by atoms with Gasteiger partial charge in [-0.1, -0.05) is 71.3 Å². The van der Waals surface area contributed by atoms with Gasteiger partial charge in [0.25, 0.3) is 0 Å². The highest BCUT2D eigenvalue weighted by atomic mass is 16.6. The third-order valence-corrected chi connectivity index (χ3v) is 5.71. The van der Waals surface area contributed by atoms with Gasteiger partial charge in [-0.3, -0.25) is 0 Å². The number of hydrogen-bond donors (Lipinski definition) is 0. The van der Waals surface area contributed by atoms with Gasteiger partial charge >= 0.3 is 0 Å². The second-order valence-electron chi connectivity index (χ2n) is 9.12. The van der Waals surface area contributed by atoms with Crippen LogP contribution in [0.1, 0.15) is 71.1 Å². The van der Waals surface area contributed by atoms with Crippen LogP contribution in [-0.4, -0.2) is 112 Å². The van der Waals surface area contributed by atoms with E-state index in [9.17, 15) is 0 Å². The van der Waals surface area contributed by atoms with E-state index < -0.39 is 0 Å². The molecule has 0 aromatic carbocycles. The summed E-state index contributed by atoms with van der Waals surface area (Å²) in [4.78, 5) is 0. The van der Waals surface area contributed by atoms with E-state index in [4.69, 9.17) is 42.6 Å². The molecular weight excluding hydrogens is 504 g/mol. The van der Waals surface area contributed by atoms with Gasteiger partial charge in [0, 0.05) is 6.61 Å². The standard InChI is InChI=1S/C30H60O9/c1-3-5-6-7-8-9-10-11-12-13-14-32-17-18-34-21-22-36-25-26-38-29-30-39-28-27-37-24-23-35-20-19-33-16-15-31-4-2/h4H,2-3,5-30H2,1H3. The zero-order chi connectivity index (χ0) is 28.2. The Morgan fingerprint density at radius 1 is 0.333 bits per heavy atom. The minimum Gasteiger partial charge on any atom is -0.499 e. The lowest BCUT2D eigenvalue weighted by atomic mass is 10.1. The van der Waals surface area contributed by atoms with Gasteiger partial charge in [-0.2, -0.15) is 0 Å². The van der Waals surface area contributed by atoms with Crippen molar-refractivity contribution >= 4 is 0 Å². The molecule has 0 bridgehead atoms. The van der Waals surface area contributed by atoms with Crippen molar-refractivity contribution in [3.63, 3.8) is 0 Å². The summed E-state index contributed by atoms with van der Waals surface area (Å²) < 4.78 is 48.7. The molecule has 9 heteroatoms. The lowest BCUT2D eigenvalue weighted by molar-refractivity contribution is -0.0239. The molecule has 0 aromatic heterocycles. The third kappa shape index (κ3) is 37.2. The van der Waals surface area contributed by atoms with Crippen LogP contribution in [0, 0.1) is 0 Å². The van der Waals surface area contributed by atoms with E-state index in [-0.39, 0.29) is 0 Å². The third-order valence-electron chi connectivity index (χ3n) is 5.71. The summed E-state index contributed by atoms with van der Waals surface area (Å²) in [6.07, 6.45) is 14.9. The zero-order valence-corrected chi connectivity index (χ0v) is 25.1. The van der Waals surface area contributed by atoms with Crippen molar-refractivity contribution in [2.45, 2.75) is 71.1 Å². The van der Waals surface area contributed by atoms with E-state index in [1.807, 2.05) is 0 Å². The molecule has 0 saturated carbocycles. The minimum absolute atomic E-state index is 0.511. The maximum Gasteiger partial charge on any atom is 0.111 e. The Morgan fingerprint density at radius 2 is 0.590 bits per heavy atom. The topological polar surface area (TPSA) is 83.1 Å². The van der Waals surface area contributed by atoms with Gasteiger partial charge in [-0.25, -0.2) is 0 Å². The average molecular weight is 565 g/mol. The Bertz CT molecular complexity index is 441.